The van der Waals surface area contributed by atoms with Crippen molar-refractivity contribution in [3.8, 4) is 0 Å². The Kier molecular flexibility index (Phi) is 4.51. The lowest BCUT2D eigenvalue weighted by molar-refractivity contribution is -0.0822. The number of hydrogen-bond acceptors (Lipinski definition) is 3. The standard InChI is InChI=1S/C13H16F2N2O3/c1-8-5-17(6-10(7-18)20-8)13(19)16-12-3-2-9(14)4-11(12)15/h2-4,8,10,18H,5-7H2,1H3,(H,16,19). The van der Waals surface area contributed by atoms with Crippen molar-refractivity contribution in [3.05, 3.63) is 29.8 Å². The van der Waals surface area contributed by atoms with Gasteiger partial charge in [-0.15, -0.1) is 0 Å². The van der Waals surface area contributed by atoms with Crippen LogP contribution < -0.4 is 5.32 Å². The summed E-state index contributed by atoms with van der Waals surface area (Å²) < 4.78 is 31.7. The molecule has 0 spiro atoms. The van der Waals surface area contributed by atoms with Crippen LogP contribution >= 0.6 is 0 Å². The Hall–Kier alpha value is -1.73. The maximum absolute atomic E-state index is 13.5. The Morgan fingerprint density at radius 2 is 2.25 bits per heavy atom. The number of benzene rings is 1. The number of carbonyl (C=O) groups is 1. The molecule has 0 aromatic heterocycles. The summed E-state index contributed by atoms with van der Waals surface area (Å²) in [5.74, 6) is -1.54. The molecular weight excluding hydrogens is 270 g/mol. The fraction of sp³-hybridized carbons (Fsp3) is 0.462. The van der Waals surface area contributed by atoms with Crippen molar-refractivity contribution >= 4 is 11.7 Å². The van der Waals surface area contributed by atoms with E-state index in [0.717, 1.165) is 12.1 Å². The predicted molar refractivity (Wildman–Crippen MR) is 68.4 cm³/mol. The number of ether oxygens (including phenoxy) is 1. The van der Waals surface area contributed by atoms with Crippen molar-refractivity contribution in [2.75, 3.05) is 25.0 Å². The lowest BCUT2D eigenvalue weighted by Gasteiger charge is -2.36. The maximum atomic E-state index is 13.5. The molecule has 2 N–H and O–H groups in total. The van der Waals surface area contributed by atoms with Crippen LogP contribution in [0.3, 0.4) is 0 Å². The Labute approximate surface area is 115 Å². The van der Waals surface area contributed by atoms with Gasteiger partial charge in [-0.3, -0.25) is 0 Å². The molecule has 2 atom stereocenters. The van der Waals surface area contributed by atoms with E-state index < -0.39 is 23.8 Å². The molecule has 1 aromatic carbocycles. The molecule has 20 heavy (non-hydrogen) atoms. The summed E-state index contributed by atoms with van der Waals surface area (Å²) >= 11 is 0. The molecule has 1 heterocycles. The van der Waals surface area contributed by atoms with Gasteiger partial charge in [0.15, 0.2) is 0 Å². The van der Waals surface area contributed by atoms with Gasteiger partial charge in [0.1, 0.15) is 11.6 Å². The molecule has 0 saturated carbocycles. The van der Waals surface area contributed by atoms with Crippen LogP contribution in [0.4, 0.5) is 19.3 Å². The molecule has 7 heteroatoms. The molecule has 1 fully saturated rings. The number of nitrogens with one attached hydrogen (secondary N) is 1. The number of urea groups is 1. The number of morpholine rings is 1. The summed E-state index contributed by atoms with van der Waals surface area (Å²) in [7, 11) is 0. The third-order valence-corrected chi connectivity index (χ3v) is 2.99. The van der Waals surface area contributed by atoms with E-state index in [1.54, 1.807) is 6.92 Å². The zero-order valence-electron chi connectivity index (χ0n) is 11.0. The van der Waals surface area contributed by atoms with Crippen molar-refractivity contribution in [2.24, 2.45) is 0 Å². The van der Waals surface area contributed by atoms with Crippen LogP contribution in [0.15, 0.2) is 18.2 Å². The summed E-state index contributed by atoms with van der Waals surface area (Å²) in [4.78, 5) is 13.5. The van der Waals surface area contributed by atoms with E-state index >= 15 is 0 Å². The number of carbonyl (C=O) groups excluding carboxylic acids is 1. The Morgan fingerprint density at radius 1 is 1.50 bits per heavy atom. The molecule has 2 unspecified atom stereocenters. The Balaban J connectivity index is 2.03. The second-order valence-electron chi connectivity index (χ2n) is 4.71. The summed E-state index contributed by atoms with van der Waals surface area (Å²) in [5, 5.41) is 11.5. The summed E-state index contributed by atoms with van der Waals surface area (Å²) in [6.45, 7) is 2.14. The second-order valence-corrected chi connectivity index (χ2v) is 4.71. The fourth-order valence-corrected chi connectivity index (χ4v) is 2.10. The highest BCUT2D eigenvalue weighted by Crippen LogP contribution is 2.17. The first-order valence-electron chi connectivity index (χ1n) is 6.27. The highest BCUT2D eigenvalue weighted by atomic mass is 19.1. The van der Waals surface area contributed by atoms with E-state index in [1.165, 1.54) is 4.90 Å². The van der Waals surface area contributed by atoms with Crippen LogP contribution in [0.1, 0.15) is 6.92 Å². The van der Waals surface area contributed by atoms with Crippen LogP contribution in [-0.2, 0) is 4.74 Å². The third kappa shape index (κ3) is 3.43. The predicted octanol–water partition coefficient (Wildman–Crippen LogP) is 1.58. The first kappa shape index (κ1) is 14.7. The van der Waals surface area contributed by atoms with Crippen molar-refractivity contribution in [1.29, 1.82) is 0 Å². The van der Waals surface area contributed by atoms with Gasteiger partial charge in [0.05, 0.1) is 31.0 Å². The van der Waals surface area contributed by atoms with Gasteiger partial charge < -0.3 is 20.1 Å². The summed E-state index contributed by atoms with van der Waals surface area (Å²) in [6, 6.07) is 2.42. The quantitative estimate of drug-likeness (QED) is 0.867. The average Bonchev–Trinajstić information content (AvgIpc) is 2.41. The monoisotopic (exact) mass is 286 g/mol. The molecule has 2 rings (SSSR count). The van der Waals surface area contributed by atoms with Gasteiger partial charge in [0, 0.05) is 12.6 Å². The molecular formula is C13H16F2N2O3. The maximum Gasteiger partial charge on any atom is 0.322 e. The van der Waals surface area contributed by atoms with E-state index in [-0.39, 0.29) is 24.9 Å². The average molecular weight is 286 g/mol. The van der Waals surface area contributed by atoms with E-state index in [4.69, 9.17) is 9.84 Å². The molecule has 1 aliphatic heterocycles. The van der Waals surface area contributed by atoms with Gasteiger partial charge in [-0.05, 0) is 19.1 Å². The van der Waals surface area contributed by atoms with Gasteiger partial charge in [-0.1, -0.05) is 0 Å². The van der Waals surface area contributed by atoms with Gasteiger partial charge in [0.25, 0.3) is 0 Å². The molecule has 110 valence electrons. The molecule has 0 radical (unpaired) electrons. The van der Waals surface area contributed by atoms with Gasteiger partial charge >= 0.3 is 6.03 Å². The number of hydrogen-bond donors (Lipinski definition) is 2. The second kappa shape index (κ2) is 6.15. The minimum absolute atomic E-state index is 0.0870. The lowest BCUT2D eigenvalue weighted by Crippen LogP contribution is -2.51. The van der Waals surface area contributed by atoms with E-state index in [9.17, 15) is 13.6 Å². The molecule has 1 saturated heterocycles. The highest BCUT2D eigenvalue weighted by molar-refractivity contribution is 5.89. The lowest BCUT2D eigenvalue weighted by atomic mass is 10.2. The van der Waals surface area contributed by atoms with Gasteiger partial charge in [0.2, 0.25) is 0 Å². The summed E-state index contributed by atoms with van der Waals surface area (Å²) in [6.07, 6.45) is -0.674. The molecule has 5 nitrogen and oxygen atoms in total. The zero-order chi connectivity index (χ0) is 14.7. The van der Waals surface area contributed by atoms with Gasteiger partial charge in [-0.2, -0.15) is 0 Å². The number of anilines is 1. The molecule has 0 aliphatic carbocycles. The topological polar surface area (TPSA) is 61.8 Å². The van der Waals surface area contributed by atoms with Crippen LogP contribution in [0, 0.1) is 11.6 Å². The van der Waals surface area contributed by atoms with Crippen molar-refractivity contribution in [1.82, 2.24) is 4.90 Å². The number of rotatable bonds is 2. The zero-order valence-corrected chi connectivity index (χ0v) is 11.0. The van der Waals surface area contributed by atoms with E-state index in [2.05, 4.69) is 5.32 Å². The normalized spacial score (nSPS) is 22.7. The SMILES string of the molecule is CC1CN(C(=O)Nc2ccc(F)cc2F)CC(CO)O1. The van der Waals surface area contributed by atoms with Crippen molar-refractivity contribution in [2.45, 2.75) is 19.1 Å². The number of aliphatic hydroxyl groups is 1. The first-order chi connectivity index (χ1) is 9.49. The van der Waals surface area contributed by atoms with Crippen molar-refractivity contribution in [3.63, 3.8) is 0 Å². The van der Waals surface area contributed by atoms with Crippen LogP contribution in [0.2, 0.25) is 0 Å². The van der Waals surface area contributed by atoms with Crippen LogP contribution in [0.25, 0.3) is 0 Å². The van der Waals surface area contributed by atoms with Crippen molar-refractivity contribution < 1.29 is 23.4 Å². The van der Waals surface area contributed by atoms with Crippen LogP contribution in [-0.4, -0.2) is 47.9 Å². The van der Waals surface area contributed by atoms with Gasteiger partial charge in [-0.25, -0.2) is 13.6 Å². The minimum Gasteiger partial charge on any atom is -0.394 e. The van der Waals surface area contributed by atoms with Crippen LogP contribution in [0.5, 0.6) is 0 Å². The number of aliphatic hydroxyl groups excluding tert-OH is 1. The molecule has 0 bridgehead atoms. The Bertz CT molecular complexity index is 499. The first-order valence-corrected chi connectivity index (χ1v) is 6.27. The fourth-order valence-electron chi connectivity index (χ4n) is 2.10. The molecule has 2 amide bonds. The van der Waals surface area contributed by atoms with E-state index in [0.29, 0.717) is 12.6 Å². The minimum atomic E-state index is -0.835. The number of amides is 2. The largest absolute Gasteiger partial charge is 0.394 e. The number of halogens is 2. The third-order valence-electron chi connectivity index (χ3n) is 2.99. The summed E-state index contributed by atoms with van der Waals surface area (Å²) in [5.41, 5.74) is -0.0870. The number of nitrogens with zero attached hydrogens (tertiary/aromatic N) is 1. The molecule has 1 aromatic rings. The van der Waals surface area contributed by atoms with E-state index in [1.807, 2.05) is 0 Å². The highest BCUT2D eigenvalue weighted by Gasteiger charge is 2.28. The molecule has 1 aliphatic rings. The Morgan fingerprint density at radius 3 is 2.90 bits per heavy atom. The smallest absolute Gasteiger partial charge is 0.322 e.